The van der Waals surface area contributed by atoms with E-state index in [1.165, 1.54) is 18.9 Å². The summed E-state index contributed by atoms with van der Waals surface area (Å²) in [4.78, 5) is 22.9. The van der Waals surface area contributed by atoms with Gasteiger partial charge < -0.3 is 15.2 Å². The molecule has 0 bridgehead atoms. The van der Waals surface area contributed by atoms with Gasteiger partial charge in [0.05, 0.1) is 7.11 Å². The molecule has 1 heterocycles. The normalized spacial score (nSPS) is 20.8. The van der Waals surface area contributed by atoms with E-state index in [-0.39, 0.29) is 5.70 Å². The number of methoxy groups -OCH3 is 1. The first-order valence-electron chi connectivity index (χ1n) is 4.53. The van der Waals surface area contributed by atoms with Crippen LogP contribution in [0.4, 0.5) is 0 Å². The van der Waals surface area contributed by atoms with E-state index in [0.717, 1.165) is 4.91 Å². The molecule has 0 amide bonds. The number of hydrogen-bond donors (Lipinski definition) is 2. The van der Waals surface area contributed by atoms with Crippen LogP contribution in [0.25, 0.3) is 0 Å². The van der Waals surface area contributed by atoms with E-state index in [2.05, 4.69) is 10.1 Å². The summed E-state index contributed by atoms with van der Waals surface area (Å²) in [5, 5.41) is 11.6. The Hall–Kier alpha value is -1.17. The number of allylic oxidation sites excluding steroid dienone is 1. The van der Waals surface area contributed by atoms with E-state index in [1.807, 2.05) is 6.92 Å². The maximum atomic E-state index is 11.2. The highest BCUT2D eigenvalue weighted by Crippen LogP contribution is 2.27. The van der Waals surface area contributed by atoms with Crippen molar-refractivity contribution in [3.63, 3.8) is 0 Å². The summed E-state index contributed by atoms with van der Waals surface area (Å²) >= 11 is 1.39. The van der Waals surface area contributed by atoms with Gasteiger partial charge in [0, 0.05) is 10.7 Å². The van der Waals surface area contributed by atoms with E-state index in [1.54, 1.807) is 0 Å². The Bertz CT molecular complexity index is 313. The van der Waals surface area contributed by atoms with Crippen LogP contribution in [-0.2, 0) is 14.3 Å². The molecule has 1 aliphatic rings. The molecule has 0 spiro atoms. The standard InChI is InChI=1S/C9H13NO4S/c1-3-6-7(8(11)12)10-5(4-15-6)9(13)14-2/h5,10H,3-4H2,1-2H3,(H,11,12)/t5-/m0/s1. The molecule has 15 heavy (non-hydrogen) atoms. The molecule has 0 aromatic carbocycles. The van der Waals surface area contributed by atoms with E-state index >= 15 is 0 Å². The summed E-state index contributed by atoms with van der Waals surface area (Å²) in [5.74, 6) is -0.962. The molecule has 84 valence electrons. The second-order valence-electron chi connectivity index (χ2n) is 2.99. The van der Waals surface area contributed by atoms with Crippen LogP contribution in [0.2, 0.25) is 0 Å². The maximum Gasteiger partial charge on any atom is 0.352 e. The maximum absolute atomic E-state index is 11.2. The minimum atomic E-state index is -1.03. The highest BCUT2D eigenvalue weighted by molar-refractivity contribution is 8.03. The van der Waals surface area contributed by atoms with Crippen LogP contribution in [0.15, 0.2) is 10.6 Å². The number of carbonyl (C=O) groups is 2. The van der Waals surface area contributed by atoms with Gasteiger partial charge in [-0.2, -0.15) is 0 Å². The van der Waals surface area contributed by atoms with Crippen LogP contribution in [0.5, 0.6) is 0 Å². The average molecular weight is 231 g/mol. The number of carboxylic acids is 1. The van der Waals surface area contributed by atoms with Crippen molar-refractivity contribution in [3.05, 3.63) is 10.6 Å². The lowest BCUT2D eigenvalue weighted by Gasteiger charge is -2.24. The lowest BCUT2D eigenvalue weighted by Crippen LogP contribution is -2.43. The number of aliphatic carboxylic acids is 1. The molecule has 1 aliphatic heterocycles. The van der Waals surface area contributed by atoms with Gasteiger partial charge in [0.2, 0.25) is 0 Å². The van der Waals surface area contributed by atoms with Gasteiger partial charge >= 0.3 is 11.9 Å². The number of hydrogen-bond acceptors (Lipinski definition) is 5. The van der Waals surface area contributed by atoms with Crippen molar-refractivity contribution in [1.29, 1.82) is 0 Å². The minimum absolute atomic E-state index is 0.115. The molecule has 0 radical (unpaired) electrons. The average Bonchev–Trinajstić information content (AvgIpc) is 2.27. The van der Waals surface area contributed by atoms with E-state index in [4.69, 9.17) is 5.11 Å². The first kappa shape index (κ1) is 11.9. The Morgan fingerprint density at radius 2 is 2.33 bits per heavy atom. The SMILES string of the molecule is CCC1=C(C(=O)O)N[C@H](C(=O)OC)CS1. The molecule has 0 saturated heterocycles. The third-order valence-corrected chi connectivity index (χ3v) is 3.38. The summed E-state index contributed by atoms with van der Waals surface area (Å²) in [7, 11) is 1.29. The fraction of sp³-hybridized carbons (Fsp3) is 0.556. The molecule has 0 fully saturated rings. The smallest absolute Gasteiger partial charge is 0.352 e. The second-order valence-corrected chi connectivity index (χ2v) is 4.10. The summed E-state index contributed by atoms with van der Waals surface area (Å²) < 4.78 is 4.56. The number of ether oxygens (including phenoxy) is 1. The zero-order valence-electron chi connectivity index (χ0n) is 8.57. The summed E-state index contributed by atoms with van der Waals surface area (Å²) in [6.45, 7) is 1.88. The van der Waals surface area contributed by atoms with Crippen LogP contribution in [-0.4, -0.2) is 35.9 Å². The Labute approximate surface area is 91.9 Å². The minimum Gasteiger partial charge on any atom is -0.477 e. The van der Waals surface area contributed by atoms with E-state index in [9.17, 15) is 9.59 Å². The molecule has 1 atom stereocenters. The predicted octanol–water partition coefficient (Wildman–Crippen LogP) is 0.571. The van der Waals surface area contributed by atoms with Gasteiger partial charge in [0.15, 0.2) is 0 Å². The van der Waals surface area contributed by atoms with E-state index < -0.39 is 18.0 Å². The number of esters is 1. The first-order chi connectivity index (χ1) is 7.10. The second kappa shape index (κ2) is 5.06. The molecule has 0 aromatic heterocycles. The largest absolute Gasteiger partial charge is 0.477 e. The Morgan fingerprint density at radius 3 is 2.80 bits per heavy atom. The van der Waals surface area contributed by atoms with E-state index in [0.29, 0.717) is 12.2 Å². The Kier molecular flexibility index (Phi) is 4.02. The van der Waals surface area contributed by atoms with Crippen molar-refractivity contribution in [1.82, 2.24) is 5.32 Å². The van der Waals surface area contributed by atoms with Gasteiger partial charge in [-0.05, 0) is 6.42 Å². The highest BCUT2D eigenvalue weighted by Gasteiger charge is 2.29. The molecule has 6 heteroatoms. The molecule has 0 aliphatic carbocycles. The van der Waals surface area contributed by atoms with Crippen molar-refractivity contribution in [3.8, 4) is 0 Å². The van der Waals surface area contributed by atoms with Crippen molar-refractivity contribution in [2.75, 3.05) is 12.9 Å². The van der Waals surface area contributed by atoms with Crippen LogP contribution in [0.3, 0.4) is 0 Å². The summed E-state index contributed by atoms with van der Waals surface area (Å²) in [5.41, 5.74) is 0.115. The van der Waals surface area contributed by atoms with Crippen LogP contribution >= 0.6 is 11.8 Å². The zero-order chi connectivity index (χ0) is 11.4. The van der Waals surface area contributed by atoms with Crippen LogP contribution in [0.1, 0.15) is 13.3 Å². The van der Waals surface area contributed by atoms with Crippen LogP contribution < -0.4 is 5.32 Å². The fourth-order valence-electron chi connectivity index (χ4n) is 1.28. The molecule has 0 saturated carbocycles. The number of rotatable bonds is 3. The molecule has 5 nitrogen and oxygen atoms in total. The number of carbonyl (C=O) groups excluding carboxylic acids is 1. The molecule has 0 aromatic rings. The van der Waals surface area contributed by atoms with Crippen molar-refractivity contribution in [2.45, 2.75) is 19.4 Å². The monoisotopic (exact) mass is 231 g/mol. The molecule has 0 unspecified atom stereocenters. The topological polar surface area (TPSA) is 75.6 Å². The number of thioether (sulfide) groups is 1. The zero-order valence-corrected chi connectivity index (χ0v) is 9.39. The summed E-state index contributed by atoms with van der Waals surface area (Å²) in [6, 6.07) is -0.568. The number of nitrogens with one attached hydrogen (secondary N) is 1. The molecule has 1 rings (SSSR count). The van der Waals surface area contributed by atoms with Gasteiger partial charge in [0.25, 0.3) is 0 Å². The lowest BCUT2D eigenvalue weighted by atomic mass is 10.2. The van der Waals surface area contributed by atoms with Gasteiger partial charge in [-0.1, -0.05) is 6.92 Å². The van der Waals surface area contributed by atoms with Crippen LogP contribution in [0, 0.1) is 0 Å². The lowest BCUT2D eigenvalue weighted by molar-refractivity contribution is -0.142. The van der Waals surface area contributed by atoms with Crippen molar-refractivity contribution >= 4 is 23.7 Å². The Balaban J connectivity index is 2.83. The number of carboxylic acid groups (broad SMARTS) is 1. The third-order valence-electron chi connectivity index (χ3n) is 2.04. The third kappa shape index (κ3) is 2.65. The molecule has 2 N–H and O–H groups in total. The predicted molar refractivity (Wildman–Crippen MR) is 56.4 cm³/mol. The van der Waals surface area contributed by atoms with Gasteiger partial charge in [0.1, 0.15) is 11.7 Å². The summed E-state index contributed by atoms with van der Waals surface area (Å²) in [6.07, 6.45) is 0.646. The van der Waals surface area contributed by atoms with Gasteiger partial charge in [-0.25, -0.2) is 9.59 Å². The highest BCUT2D eigenvalue weighted by atomic mass is 32.2. The van der Waals surface area contributed by atoms with Crippen molar-refractivity contribution < 1.29 is 19.4 Å². The van der Waals surface area contributed by atoms with Gasteiger partial charge in [-0.15, -0.1) is 11.8 Å². The van der Waals surface area contributed by atoms with Gasteiger partial charge in [-0.3, -0.25) is 0 Å². The quantitative estimate of drug-likeness (QED) is 0.692. The fourth-order valence-corrected chi connectivity index (χ4v) is 2.36. The molecular formula is C9H13NO4S. The van der Waals surface area contributed by atoms with Crippen molar-refractivity contribution in [2.24, 2.45) is 0 Å². The first-order valence-corrected chi connectivity index (χ1v) is 5.52. The molecular weight excluding hydrogens is 218 g/mol. The Morgan fingerprint density at radius 1 is 1.67 bits per heavy atom.